The van der Waals surface area contributed by atoms with Crippen LogP contribution in [0.5, 0.6) is 0 Å². The van der Waals surface area contributed by atoms with E-state index in [2.05, 4.69) is 30.8 Å². The van der Waals surface area contributed by atoms with E-state index in [1.165, 1.54) is 19.3 Å². The highest BCUT2D eigenvalue weighted by atomic mass is 15.4. The zero-order chi connectivity index (χ0) is 14.0. The van der Waals surface area contributed by atoms with E-state index in [4.69, 9.17) is 5.73 Å². The van der Waals surface area contributed by atoms with Gasteiger partial charge in [-0.05, 0) is 24.7 Å². The molecule has 4 heteroatoms. The van der Waals surface area contributed by atoms with Crippen LogP contribution in [0.2, 0.25) is 0 Å². The number of nitrogens with zero attached hydrogens (tertiary/aromatic N) is 3. The van der Waals surface area contributed by atoms with E-state index >= 15 is 0 Å². The fourth-order valence-corrected chi connectivity index (χ4v) is 2.99. The summed E-state index contributed by atoms with van der Waals surface area (Å²) in [6, 6.07) is 0. The summed E-state index contributed by atoms with van der Waals surface area (Å²) in [6.45, 7) is 9.06. The standard InChI is InChI=1S/C15H28N4/c1-5-7-12-13(16)14(18(4)17-12)19-10-8-15(3,6-2)9-11-19/h5-11,16H2,1-4H3. The predicted molar refractivity (Wildman–Crippen MR) is 81.5 cm³/mol. The summed E-state index contributed by atoms with van der Waals surface area (Å²) < 4.78 is 1.97. The summed E-state index contributed by atoms with van der Waals surface area (Å²) in [5, 5.41) is 4.58. The van der Waals surface area contributed by atoms with Gasteiger partial charge in [0, 0.05) is 20.1 Å². The molecule has 0 atom stereocenters. The van der Waals surface area contributed by atoms with Gasteiger partial charge < -0.3 is 10.6 Å². The van der Waals surface area contributed by atoms with Gasteiger partial charge in [-0.15, -0.1) is 0 Å². The molecular weight excluding hydrogens is 236 g/mol. The van der Waals surface area contributed by atoms with Crippen molar-refractivity contribution in [1.29, 1.82) is 0 Å². The lowest BCUT2D eigenvalue weighted by Crippen LogP contribution is -2.39. The Balaban J connectivity index is 2.15. The molecule has 1 aromatic rings. The Morgan fingerprint density at radius 2 is 1.89 bits per heavy atom. The molecule has 0 amide bonds. The number of rotatable bonds is 4. The third kappa shape index (κ3) is 2.72. The van der Waals surface area contributed by atoms with Crippen LogP contribution in [0.1, 0.15) is 52.1 Å². The summed E-state index contributed by atoms with van der Waals surface area (Å²) in [6.07, 6.45) is 5.83. The molecule has 0 bridgehead atoms. The summed E-state index contributed by atoms with van der Waals surface area (Å²) in [7, 11) is 2.01. The van der Waals surface area contributed by atoms with E-state index in [0.29, 0.717) is 5.41 Å². The van der Waals surface area contributed by atoms with Crippen molar-refractivity contribution in [1.82, 2.24) is 9.78 Å². The largest absolute Gasteiger partial charge is 0.394 e. The van der Waals surface area contributed by atoms with Crippen molar-refractivity contribution in [2.24, 2.45) is 12.5 Å². The molecule has 2 heterocycles. The first-order valence-corrected chi connectivity index (χ1v) is 7.57. The third-order valence-corrected chi connectivity index (χ3v) is 4.74. The van der Waals surface area contributed by atoms with Gasteiger partial charge in [0.25, 0.3) is 0 Å². The highest BCUT2D eigenvalue weighted by Gasteiger charge is 2.30. The van der Waals surface area contributed by atoms with Crippen molar-refractivity contribution < 1.29 is 0 Å². The zero-order valence-corrected chi connectivity index (χ0v) is 12.9. The van der Waals surface area contributed by atoms with Crippen molar-refractivity contribution in [2.45, 2.75) is 52.9 Å². The van der Waals surface area contributed by atoms with E-state index in [0.717, 1.165) is 43.1 Å². The van der Waals surface area contributed by atoms with Crippen molar-refractivity contribution in [3.05, 3.63) is 5.69 Å². The second-order valence-electron chi connectivity index (χ2n) is 6.21. The Labute approximate surface area is 117 Å². The summed E-state index contributed by atoms with van der Waals surface area (Å²) in [5.41, 5.74) is 8.76. The Morgan fingerprint density at radius 1 is 1.26 bits per heavy atom. The third-order valence-electron chi connectivity index (χ3n) is 4.74. The maximum Gasteiger partial charge on any atom is 0.150 e. The monoisotopic (exact) mass is 264 g/mol. The molecule has 0 aromatic carbocycles. The molecule has 2 rings (SSSR count). The molecule has 1 aromatic heterocycles. The quantitative estimate of drug-likeness (QED) is 0.909. The van der Waals surface area contributed by atoms with Gasteiger partial charge in [0.1, 0.15) is 5.82 Å². The van der Waals surface area contributed by atoms with Gasteiger partial charge >= 0.3 is 0 Å². The summed E-state index contributed by atoms with van der Waals surface area (Å²) in [4.78, 5) is 2.42. The Bertz CT molecular complexity index is 428. The first-order chi connectivity index (χ1) is 9.00. The number of nitrogens with two attached hydrogens (primary N) is 1. The normalized spacial score (nSPS) is 18.8. The van der Waals surface area contributed by atoms with Crippen LogP contribution < -0.4 is 10.6 Å². The number of anilines is 2. The molecule has 1 saturated heterocycles. The lowest BCUT2D eigenvalue weighted by atomic mass is 9.78. The van der Waals surface area contributed by atoms with Crippen LogP contribution in [0, 0.1) is 5.41 Å². The maximum atomic E-state index is 6.30. The average molecular weight is 264 g/mol. The Kier molecular flexibility index (Phi) is 4.07. The van der Waals surface area contributed by atoms with Crippen LogP contribution >= 0.6 is 0 Å². The molecule has 0 aliphatic carbocycles. The highest BCUT2D eigenvalue weighted by Crippen LogP contribution is 2.37. The van der Waals surface area contributed by atoms with Gasteiger partial charge in [0.15, 0.2) is 0 Å². The van der Waals surface area contributed by atoms with Gasteiger partial charge in [-0.1, -0.05) is 33.6 Å². The van der Waals surface area contributed by atoms with Crippen molar-refractivity contribution >= 4 is 11.5 Å². The molecule has 4 nitrogen and oxygen atoms in total. The molecule has 1 fully saturated rings. The maximum absolute atomic E-state index is 6.30. The van der Waals surface area contributed by atoms with E-state index in [-0.39, 0.29) is 0 Å². The molecule has 108 valence electrons. The van der Waals surface area contributed by atoms with E-state index in [9.17, 15) is 0 Å². The van der Waals surface area contributed by atoms with Crippen molar-refractivity contribution in [2.75, 3.05) is 23.7 Å². The van der Waals surface area contributed by atoms with Crippen LogP contribution in [0.25, 0.3) is 0 Å². The van der Waals surface area contributed by atoms with Gasteiger partial charge in [0.05, 0.1) is 11.4 Å². The van der Waals surface area contributed by atoms with Gasteiger partial charge in [-0.2, -0.15) is 5.10 Å². The van der Waals surface area contributed by atoms with Gasteiger partial charge in [0.2, 0.25) is 0 Å². The minimum absolute atomic E-state index is 0.510. The molecule has 1 aliphatic rings. The molecule has 0 saturated carbocycles. The number of nitrogen functional groups attached to an aromatic ring is 1. The fraction of sp³-hybridized carbons (Fsp3) is 0.800. The van der Waals surface area contributed by atoms with Crippen LogP contribution in [-0.2, 0) is 13.5 Å². The Hall–Kier alpha value is -1.19. The first-order valence-electron chi connectivity index (χ1n) is 7.57. The lowest BCUT2D eigenvalue weighted by molar-refractivity contribution is 0.237. The number of hydrogen-bond donors (Lipinski definition) is 1. The molecule has 1 aliphatic heterocycles. The number of hydrogen-bond acceptors (Lipinski definition) is 3. The number of piperidine rings is 1. The minimum Gasteiger partial charge on any atom is -0.394 e. The van der Waals surface area contributed by atoms with Crippen molar-refractivity contribution in [3.8, 4) is 0 Å². The van der Waals surface area contributed by atoms with Gasteiger partial charge in [-0.3, -0.25) is 4.68 Å². The molecule has 0 radical (unpaired) electrons. The van der Waals surface area contributed by atoms with E-state index in [1.54, 1.807) is 0 Å². The fourth-order valence-electron chi connectivity index (χ4n) is 2.99. The van der Waals surface area contributed by atoms with Crippen LogP contribution in [0.15, 0.2) is 0 Å². The van der Waals surface area contributed by atoms with Crippen LogP contribution in [0.3, 0.4) is 0 Å². The molecule has 0 unspecified atom stereocenters. The summed E-state index contributed by atoms with van der Waals surface area (Å²) >= 11 is 0. The topological polar surface area (TPSA) is 47.1 Å². The summed E-state index contributed by atoms with van der Waals surface area (Å²) in [5.74, 6) is 1.13. The average Bonchev–Trinajstić information content (AvgIpc) is 2.67. The molecule has 0 spiro atoms. The van der Waals surface area contributed by atoms with Crippen LogP contribution in [-0.4, -0.2) is 22.9 Å². The van der Waals surface area contributed by atoms with Gasteiger partial charge in [-0.25, -0.2) is 0 Å². The SMILES string of the molecule is CCCc1nn(C)c(N2CCC(C)(CC)CC2)c1N. The number of aromatic nitrogens is 2. The highest BCUT2D eigenvalue weighted by molar-refractivity contribution is 5.66. The minimum atomic E-state index is 0.510. The predicted octanol–water partition coefficient (Wildman–Crippen LogP) is 2.97. The number of aryl methyl sites for hydroxylation is 2. The molecule has 19 heavy (non-hydrogen) atoms. The second-order valence-corrected chi connectivity index (χ2v) is 6.21. The van der Waals surface area contributed by atoms with E-state index < -0.39 is 0 Å². The Morgan fingerprint density at radius 3 is 2.42 bits per heavy atom. The first kappa shape index (κ1) is 14.2. The molecular formula is C15H28N4. The second kappa shape index (κ2) is 5.43. The van der Waals surface area contributed by atoms with Crippen LogP contribution in [0.4, 0.5) is 11.5 Å². The zero-order valence-electron chi connectivity index (χ0n) is 12.9. The smallest absolute Gasteiger partial charge is 0.150 e. The lowest BCUT2D eigenvalue weighted by Gasteiger charge is -2.39. The molecule has 2 N–H and O–H groups in total. The van der Waals surface area contributed by atoms with E-state index in [1.807, 2.05) is 11.7 Å². The van der Waals surface area contributed by atoms with Crippen molar-refractivity contribution in [3.63, 3.8) is 0 Å².